The van der Waals surface area contributed by atoms with Gasteiger partial charge in [0.05, 0.1) is 11.3 Å². The standard InChI is InChI=1S/C22H22ClFN4O2/c23-14-6-7-17-19(12-14)30-22(26-17)25-15-8-11-28(13-15)21(29)20-16(24)4-3-5-18(20)27-9-1-2-10-27/h3-7,12,15H,1-2,8-11,13H2,(H,25,26). The van der Waals surface area contributed by atoms with Crippen LogP contribution in [0.15, 0.2) is 40.8 Å². The second kappa shape index (κ2) is 7.80. The number of aromatic nitrogens is 1. The van der Waals surface area contributed by atoms with Gasteiger partial charge in [0.2, 0.25) is 0 Å². The Labute approximate surface area is 178 Å². The van der Waals surface area contributed by atoms with Gasteiger partial charge in [-0.1, -0.05) is 17.7 Å². The maximum absolute atomic E-state index is 14.7. The van der Waals surface area contributed by atoms with Crippen molar-refractivity contribution in [3.8, 4) is 0 Å². The average molecular weight is 429 g/mol. The fraction of sp³-hybridized carbons (Fsp3) is 0.364. The van der Waals surface area contributed by atoms with E-state index < -0.39 is 5.82 Å². The number of likely N-dealkylation sites (tertiary alicyclic amines) is 1. The number of fused-ring (bicyclic) bond motifs is 1. The maximum atomic E-state index is 14.7. The molecule has 1 atom stereocenters. The molecule has 1 N–H and O–H groups in total. The Morgan fingerprint density at radius 2 is 2.03 bits per heavy atom. The molecule has 0 aliphatic carbocycles. The van der Waals surface area contributed by atoms with Gasteiger partial charge in [0, 0.05) is 43.3 Å². The summed E-state index contributed by atoms with van der Waals surface area (Å²) in [6.07, 6.45) is 2.86. The smallest absolute Gasteiger partial charge is 0.295 e. The second-order valence-corrected chi connectivity index (χ2v) is 8.28. The molecule has 0 radical (unpaired) electrons. The molecule has 2 aliphatic rings. The number of nitrogens with one attached hydrogen (secondary N) is 1. The summed E-state index contributed by atoms with van der Waals surface area (Å²) in [7, 11) is 0. The van der Waals surface area contributed by atoms with Crippen molar-refractivity contribution >= 4 is 40.3 Å². The van der Waals surface area contributed by atoms with Crippen LogP contribution in [-0.4, -0.2) is 48.0 Å². The number of oxazole rings is 1. The summed E-state index contributed by atoms with van der Waals surface area (Å²) in [4.78, 5) is 21.4. The van der Waals surface area contributed by atoms with E-state index in [1.54, 1.807) is 29.2 Å². The molecule has 6 nitrogen and oxygen atoms in total. The molecule has 5 rings (SSSR count). The minimum Gasteiger partial charge on any atom is -0.423 e. The Kier molecular flexibility index (Phi) is 4.98. The van der Waals surface area contributed by atoms with E-state index in [1.807, 2.05) is 6.07 Å². The van der Waals surface area contributed by atoms with Gasteiger partial charge in [-0.05, 0) is 43.5 Å². The lowest BCUT2D eigenvalue weighted by molar-refractivity contribution is 0.0787. The van der Waals surface area contributed by atoms with Gasteiger partial charge >= 0.3 is 0 Å². The van der Waals surface area contributed by atoms with Crippen LogP contribution in [-0.2, 0) is 0 Å². The third kappa shape index (κ3) is 3.58. The molecule has 2 aromatic carbocycles. The number of halogens is 2. The van der Waals surface area contributed by atoms with Gasteiger partial charge in [-0.25, -0.2) is 4.39 Å². The first-order chi connectivity index (χ1) is 14.6. The van der Waals surface area contributed by atoms with E-state index >= 15 is 0 Å². The van der Waals surface area contributed by atoms with E-state index in [2.05, 4.69) is 15.2 Å². The molecule has 2 fully saturated rings. The van der Waals surface area contributed by atoms with Gasteiger partial charge in [0.25, 0.3) is 11.9 Å². The van der Waals surface area contributed by atoms with Crippen LogP contribution in [0.3, 0.4) is 0 Å². The summed E-state index contributed by atoms with van der Waals surface area (Å²) in [5, 5.41) is 3.84. The molecule has 0 spiro atoms. The first-order valence-electron chi connectivity index (χ1n) is 10.2. The Hall–Kier alpha value is -2.80. The number of hydrogen-bond donors (Lipinski definition) is 1. The summed E-state index contributed by atoms with van der Waals surface area (Å²) in [5.74, 6) is -0.722. The Morgan fingerprint density at radius 1 is 1.20 bits per heavy atom. The SMILES string of the molecule is O=C(c1c(F)cccc1N1CCCC1)N1CCC(Nc2nc3ccc(Cl)cc3o2)C1. The summed E-state index contributed by atoms with van der Waals surface area (Å²) < 4.78 is 20.4. The monoisotopic (exact) mass is 428 g/mol. The third-order valence-corrected chi connectivity index (χ3v) is 6.04. The van der Waals surface area contributed by atoms with Gasteiger partial charge in [0.15, 0.2) is 5.58 Å². The van der Waals surface area contributed by atoms with E-state index in [1.165, 1.54) is 6.07 Å². The highest BCUT2D eigenvalue weighted by molar-refractivity contribution is 6.31. The molecular formula is C22H22ClFN4O2. The molecule has 8 heteroatoms. The Morgan fingerprint density at radius 3 is 2.87 bits per heavy atom. The number of nitrogens with zero attached hydrogens (tertiary/aromatic N) is 3. The number of hydrogen-bond acceptors (Lipinski definition) is 5. The molecule has 30 heavy (non-hydrogen) atoms. The van der Waals surface area contributed by atoms with Gasteiger partial charge in [0.1, 0.15) is 11.3 Å². The van der Waals surface area contributed by atoms with Gasteiger partial charge in [-0.15, -0.1) is 0 Å². The van der Waals surface area contributed by atoms with E-state index in [9.17, 15) is 9.18 Å². The highest BCUT2D eigenvalue weighted by Crippen LogP contribution is 2.30. The van der Waals surface area contributed by atoms with Crippen LogP contribution in [0.25, 0.3) is 11.1 Å². The van der Waals surface area contributed by atoms with Crippen LogP contribution in [0.5, 0.6) is 0 Å². The van der Waals surface area contributed by atoms with Crippen molar-refractivity contribution in [1.82, 2.24) is 9.88 Å². The number of benzene rings is 2. The fourth-order valence-electron chi connectivity index (χ4n) is 4.30. The topological polar surface area (TPSA) is 61.6 Å². The van der Waals surface area contributed by atoms with Crippen LogP contribution in [0, 0.1) is 5.82 Å². The largest absolute Gasteiger partial charge is 0.423 e. The lowest BCUT2D eigenvalue weighted by atomic mass is 10.1. The first-order valence-corrected chi connectivity index (χ1v) is 10.6. The molecule has 2 saturated heterocycles. The van der Waals surface area contributed by atoms with E-state index in [4.69, 9.17) is 16.0 Å². The molecular weight excluding hydrogens is 407 g/mol. The molecule has 1 amide bonds. The number of anilines is 2. The predicted molar refractivity (Wildman–Crippen MR) is 115 cm³/mol. The molecule has 3 aromatic rings. The highest BCUT2D eigenvalue weighted by atomic mass is 35.5. The Balaban J connectivity index is 1.31. The highest BCUT2D eigenvalue weighted by Gasteiger charge is 2.32. The fourth-order valence-corrected chi connectivity index (χ4v) is 4.46. The summed E-state index contributed by atoms with van der Waals surface area (Å²) in [6.45, 7) is 2.73. The molecule has 0 bridgehead atoms. The van der Waals surface area contributed by atoms with Crippen molar-refractivity contribution in [3.63, 3.8) is 0 Å². The van der Waals surface area contributed by atoms with Crippen LogP contribution in [0.2, 0.25) is 5.02 Å². The molecule has 0 saturated carbocycles. The van der Waals surface area contributed by atoms with E-state index in [0.717, 1.165) is 37.9 Å². The molecule has 1 aromatic heterocycles. The minimum atomic E-state index is -0.461. The Bertz CT molecular complexity index is 1100. The van der Waals surface area contributed by atoms with Crippen molar-refractivity contribution in [2.24, 2.45) is 0 Å². The predicted octanol–water partition coefficient (Wildman–Crippen LogP) is 4.55. The second-order valence-electron chi connectivity index (χ2n) is 7.84. The summed E-state index contributed by atoms with van der Waals surface area (Å²) in [6, 6.07) is 10.5. The van der Waals surface area contributed by atoms with Crippen LogP contribution in [0.4, 0.5) is 16.1 Å². The number of carbonyl (C=O) groups excluding carboxylic acids is 1. The lowest BCUT2D eigenvalue weighted by Crippen LogP contribution is -2.33. The number of amides is 1. The molecule has 156 valence electrons. The number of rotatable bonds is 4. The lowest BCUT2D eigenvalue weighted by Gasteiger charge is -2.24. The first kappa shape index (κ1) is 19.2. The third-order valence-electron chi connectivity index (χ3n) is 5.81. The summed E-state index contributed by atoms with van der Waals surface area (Å²) in [5.41, 5.74) is 2.20. The molecule has 3 heterocycles. The van der Waals surface area contributed by atoms with E-state index in [-0.39, 0.29) is 17.5 Å². The minimum absolute atomic E-state index is 0.0144. The molecule has 2 aliphatic heterocycles. The molecule has 1 unspecified atom stereocenters. The van der Waals surface area contributed by atoms with Crippen molar-refractivity contribution in [1.29, 1.82) is 0 Å². The van der Waals surface area contributed by atoms with Crippen molar-refractivity contribution in [3.05, 3.63) is 52.8 Å². The van der Waals surface area contributed by atoms with Crippen LogP contribution >= 0.6 is 11.6 Å². The zero-order valence-electron chi connectivity index (χ0n) is 16.4. The van der Waals surface area contributed by atoms with Crippen molar-refractivity contribution < 1.29 is 13.6 Å². The van der Waals surface area contributed by atoms with E-state index in [0.29, 0.717) is 35.4 Å². The zero-order chi connectivity index (χ0) is 20.7. The van der Waals surface area contributed by atoms with Gasteiger partial charge < -0.3 is 19.5 Å². The van der Waals surface area contributed by atoms with Crippen molar-refractivity contribution in [2.45, 2.75) is 25.3 Å². The van der Waals surface area contributed by atoms with Crippen molar-refractivity contribution in [2.75, 3.05) is 36.4 Å². The van der Waals surface area contributed by atoms with Gasteiger partial charge in [-0.2, -0.15) is 4.98 Å². The number of carbonyl (C=O) groups is 1. The van der Waals surface area contributed by atoms with Crippen LogP contribution < -0.4 is 10.2 Å². The maximum Gasteiger partial charge on any atom is 0.295 e. The van der Waals surface area contributed by atoms with Crippen LogP contribution in [0.1, 0.15) is 29.6 Å². The summed E-state index contributed by atoms with van der Waals surface area (Å²) >= 11 is 6.00. The quantitative estimate of drug-likeness (QED) is 0.660. The normalized spacial score (nSPS) is 19.1. The zero-order valence-corrected chi connectivity index (χ0v) is 17.2. The average Bonchev–Trinajstić information content (AvgIpc) is 3.48. The van der Waals surface area contributed by atoms with Gasteiger partial charge in [-0.3, -0.25) is 4.79 Å².